The summed E-state index contributed by atoms with van der Waals surface area (Å²) in [4.78, 5) is 15.8. The molecular formula is C21H19N5O2S. The molecule has 1 aromatic carbocycles. The summed E-state index contributed by atoms with van der Waals surface area (Å²) in [6.07, 6.45) is 1.59. The van der Waals surface area contributed by atoms with E-state index in [4.69, 9.17) is 4.74 Å². The predicted molar refractivity (Wildman–Crippen MR) is 114 cm³/mol. The average Bonchev–Trinajstić information content (AvgIpc) is 3.23. The van der Waals surface area contributed by atoms with Crippen molar-refractivity contribution in [3.63, 3.8) is 0 Å². The van der Waals surface area contributed by atoms with E-state index in [1.807, 2.05) is 36.6 Å². The number of aromatic nitrogens is 3. The lowest BCUT2D eigenvalue weighted by Gasteiger charge is -2.10. The molecule has 1 amide bonds. The third kappa shape index (κ3) is 4.17. The quantitative estimate of drug-likeness (QED) is 0.503. The minimum Gasteiger partial charge on any atom is -0.471 e. The van der Waals surface area contributed by atoms with E-state index in [1.165, 1.54) is 0 Å². The molecule has 0 unspecified atom stereocenters. The topological polar surface area (TPSA) is 89.0 Å². The van der Waals surface area contributed by atoms with Crippen LogP contribution in [-0.2, 0) is 6.61 Å². The van der Waals surface area contributed by atoms with Crippen molar-refractivity contribution in [3.05, 3.63) is 70.9 Å². The lowest BCUT2D eigenvalue weighted by Crippen LogP contribution is -2.19. The van der Waals surface area contributed by atoms with E-state index in [0.29, 0.717) is 17.4 Å². The summed E-state index contributed by atoms with van der Waals surface area (Å²) in [5.41, 5.74) is 3.29. The van der Waals surface area contributed by atoms with Crippen molar-refractivity contribution < 1.29 is 9.53 Å². The fraction of sp³-hybridized carbons (Fsp3) is 0.143. The number of benzene rings is 1. The Morgan fingerprint density at radius 2 is 2.07 bits per heavy atom. The van der Waals surface area contributed by atoms with Crippen LogP contribution in [-0.4, -0.2) is 28.1 Å². The molecule has 8 heteroatoms. The van der Waals surface area contributed by atoms with E-state index in [-0.39, 0.29) is 12.5 Å². The minimum absolute atomic E-state index is 0.237. The minimum atomic E-state index is -0.237. The van der Waals surface area contributed by atoms with Crippen LogP contribution in [0.3, 0.4) is 0 Å². The molecule has 0 saturated heterocycles. The first kappa shape index (κ1) is 18.8. The van der Waals surface area contributed by atoms with Crippen molar-refractivity contribution in [1.29, 1.82) is 0 Å². The van der Waals surface area contributed by atoms with E-state index in [0.717, 1.165) is 26.9 Å². The largest absolute Gasteiger partial charge is 0.471 e. The van der Waals surface area contributed by atoms with Gasteiger partial charge in [-0.15, -0.1) is 21.5 Å². The Kier molecular flexibility index (Phi) is 5.35. The smallest absolute Gasteiger partial charge is 0.269 e. The third-order valence-corrected chi connectivity index (χ3v) is 5.20. The summed E-state index contributed by atoms with van der Waals surface area (Å²) in [6, 6.07) is 13.6. The van der Waals surface area contributed by atoms with Crippen molar-refractivity contribution in [2.75, 3.05) is 12.4 Å². The maximum absolute atomic E-state index is 11.7. The van der Waals surface area contributed by atoms with E-state index in [1.54, 1.807) is 36.7 Å². The zero-order valence-corrected chi connectivity index (χ0v) is 16.8. The van der Waals surface area contributed by atoms with Gasteiger partial charge in [-0.3, -0.25) is 9.78 Å². The second-order valence-electron chi connectivity index (χ2n) is 6.43. The fourth-order valence-corrected chi connectivity index (χ4v) is 3.70. The Morgan fingerprint density at radius 3 is 2.90 bits per heavy atom. The summed E-state index contributed by atoms with van der Waals surface area (Å²) in [5.74, 6) is 0.909. The molecule has 2 N–H and O–H groups in total. The maximum atomic E-state index is 11.7. The van der Waals surface area contributed by atoms with Crippen LogP contribution in [0.25, 0.3) is 10.1 Å². The highest BCUT2D eigenvalue weighted by atomic mass is 32.1. The average molecular weight is 405 g/mol. The summed E-state index contributed by atoms with van der Waals surface area (Å²) in [7, 11) is 1.57. The fourth-order valence-electron chi connectivity index (χ4n) is 2.87. The van der Waals surface area contributed by atoms with Gasteiger partial charge < -0.3 is 15.4 Å². The number of carbonyl (C=O) groups is 1. The van der Waals surface area contributed by atoms with Crippen molar-refractivity contribution in [3.8, 4) is 5.88 Å². The van der Waals surface area contributed by atoms with Crippen molar-refractivity contribution in [1.82, 2.24) is 20.5 Å². The highest BCUT2D eigenvalue weighted by Crippen LogP contribution is 2.34. The molecule has 4 rings (SSSR count). The molecule has 4 aromatic rings. The number of hydrogen-bond acceptors (Lipinski definition) is 7. The molecule has 0 radical (unpaired) electrons. The van der Waals surface area contributed by atoms with Gasteiger partial charge in [0.2, 0.25) is 0 Å². The second-order valence-corrected chi connectivity index (χ2v) is 7.34. The van der Waals surface area contributed by atoms with Crippen LogP contribution in [0.4, 0.5) is 11.5 Å². The van der Waals surface area contributed by atoms with Crippen LogP contribution in [0.15, 0.2) is 54.0 Å². The first-order valence-corrected chi connectivity index (χ1v) is 9.89. The molecule has 146 valence electrons. The van der Waals surface area contributed by atoms with Gasteiger partial charge in [0.15, 0.2) is 5.82 Å². The first-order valence-electron chi connectivity index (χ1n) is 9.01. The number of carbonyl (C=O) groups excluding carboxylic acids is 1. The van der Waals surface area contributed by atoms with Crippen LogP contribution >= 0.6 is 11.3 Å². The zero-order chi connectivity index (χ0) is 20.2. The molecular weight excluding hydrogens is 386 g/mol. The highest BCUT2D eigenvalue weighted by Gasteiger charge is 2.13. The van der Waals surface area contributed by atoms with Crippen LogP contribution in [0, 0.1) is 6.92 Å². The van der Waals surface area contributed by atoms with Crippen LogP contribution in [0.2, 0.25) is 0 Å². The van der Waals surface area contributed by atoms with Gasteiger partial charge in [-0.05, 0) is 53.8 Å². The van der Waals surface area contributed by atoms with Gasteiger partial charge in [-0.2, -0.15) is 0 Å². The van der Waals surface area contributed by atoms with Gasteiger partial charge in [0.05, 0.1) is 0 Å². The number of amides is 1. The van der Waals surface area contributed by atoms with Crippen LogP contribution < -0.4 is 15.4 Å². The summed E-state index contributed by atoms with van der Waals surface area (Å²) < 4.78 is 6.82. The number of nitrogens with zero attached hydrogens (tertiary/aromatic N) is 3. The SMILES string of the molecule is CNC(=O)c1cc(COc2nnc(Nc3cccc(C)c3)c3ccsc23)ccn1. The molecule has 7 nitrogen and oxygen atoms in total. The Hall–Kier alpha value is -3.52. The summed E-state index contributed by atoms with van der Waals surface area (Å²) >= 11 is 1.54. The van der Waals surface area contributed by atoms with E-state index < -0.39 is 0 Å². The molecule has 0 aliphatic carbocycles. The number of nitrogens with one attached hydrogen (secondary N) is 2. The molecule has 0 saturated carbocycles. The van der Waals surface area contributed by atoms with Crippen molar-refractivity contribution >= 4 is 38.8 Å². The highest BCUT2D eigenvalue weighted by molar-refractivity contribution is 7.17. The van der Waals surface area contributed by atoms with Crippen LogP contribution in [0.1, 0.15) is 21.6 Å². The van der Waals surface area contributed by atoms with Crippen LogP contribution in [0.5, 0.6) is 5.88 Å². The Balaban J connectivity index is 1.55. The number of ether oxygens (including phenoxy) is 1. The van der Waals surface area contributed by atoms with Crippen molar-refractivity contribution in [2.24, 2.45) is 0 Å². The molecule has 0 aliphatic heterocycles. The molecule has 0 aliphatic rings. The summed E-state index contributed by atoms with van der Waals surface area (Å²) in [6.45, 7) is 2.31. The number of hydrogen-bond donors (Lipinski definition) is 2. The normalized spacial score (nSPS) is 10.7. The lowest BCUT2D eigenvalue weighted by molar-refractivity contribution is 0.0958. The maximum Gasteiger partial charge on any atom is 0.269 e. The second kappa shape index (κ2) is 8.24. The van der Waals surface area contributed by atoms with E-state index in [2.05, 4.69) is 31.9 Å². The van der Waals surface area contributed by atoms with Gasteiger partial charge in [-0.1, -0.05) is 12.1 Å². The lowest BCUT2D eigenvalue weighted by atomic mass is 10.2. The van der Waals surface area contributed by atoms with Gasteiger partial charge >= 0.3 is 0 Å². The number of anilines is 2. The molecule has 0 atom stereocenters. The Labute approximate surface area is 171 Å². The molecule has 0 bridgehead atoms. The van der Waals surface area contributed by atoms with Gasteiger partial charge in [0, 0.05) is 24.3 Å². The number of pyridine rings is 1. The van der Waals surface area contributed by atoms with Gasteiger partial charge in [0.25, 0.3) is 11.8 Å². The number of aryl methyl sites for hydroxylation is 1. The number of fused-ring (bicyclic) bond motifs is 1. The molecule has 3 aromatic heterocycles. The number of rotatable bonds is 6. The van der Waals surface area contributed by atoms with E-state index >= 15 is 0 Å². The Bertz CT molecular complexity index is 1170. The predicted octanol–water partition coefficient (Wildman–Crippen LogP) is 4.08. The van der Waals surface area contributed by atoms with Crippen molar-refractivity contribution in [2.45, 2.75) is 13.5 Å². The molecule has 0 fully saturated rings. The molecule has 29 heavy (non-hydrogen) atoms. The standard InChI is InChI=1S/C21H19N5O2S/c1-13-4-3-5-15(10-13)24-19-16-7-9-29-18(16)21(26-25-19)28-12-14-6-8-23-17(11-14)20(27)22-2/h3-11H,12H2,1-2H3,(H,22,27)(H,24,25). The van der Waals surface area contributed by atoms with Gasteiger partial charge in [0.1, 0.15) is 17.0 Å². The molecule has 0 spiro atoms. The third-order valence-electron chi connectivity index (χ3n) is 4.30. The first-order chi connectivity index (χ1) is 14.1. The number of thiophene rings is 1. The Morgan fingerprint density at radius 1 is 1.17 bits per heavy atom. The zero-order valence-electron chi connectivity index (χ0n) is 16.0. The van der Waals surface area contributed by atoms with E-state index in [9.17, 15) is 4.79 Å². The molecule has 3 heterocycles. The summed E-state index contributed by atoms with van der Waals surface area (Å²) in [5, 5.41) is 17.4. The van der Waals surface area contributed by atoms with Gasteiger partial charge in [-0.25, -0.2) is 0 Å². The monoisotopic (exact) mass is 405 g/mol.